The van der Waals surface area contributed by atoms with Crippen molar-refractivity contribution in [3.8, 4) is 0 Å². The van der Waals surface area contributed by atoms with Crippen LogP contribution >= 0.6 is 0 Å². The first kappa shape index (κ1) is 13.8. The number of carbonyl (C=O) groups is 1. The smallest absolute Gasteiger partial charge is 0.270 e. The van der Waals surface area contributed by atoms with Gasteiger partial charge in [-0.05, 0) is 43.7 Å². The molecule has 1 aromatic rings. The van der Waals surface area contributed by atoms with Gasteiger partial charge >= 0.3 is 0 Å². The van der Waals surface area contributed by atoms with Crippen LogP contribution in [0.2, 0.25) is 0 Å². The first-order valence-corrected chi connectivity index (χ1v) is 7.19. The fourth-order valence-corrected chi connectivity index (χ4v) is 2.50. The lowest BCUT2D eigenvalue weighted by Gasteiger charge is -2.12. The molecule has 1 heterocycles. The second kappa shape index (κ2) is 6.55. The zero-order valence-electron chi connectivity index (χ0n) is 11.8. The van der Waals surface area contributed by atoms with E-state index in [9.17, 15) is 4.79 Å². The molecule has 104 valence electrons. The minimum absolute atomic E-state index is 0.0545. The van der Waals surface area contributed by atoms with Crippen molar-refractivity contribution in [3.63, 3.8) is 0 Å². The maximum Gasteiger partial charge on any atom is 0.270 e. The Morgan fingerprint density at radius 1 is 1.42 bits per heavy atom. The number of pyridine rings is 1. The van der Waals surface area contributed by atoms with Crippen LogP contribution in [-0.2, 0) is 0 Å². The van der Waals surface area contributed by atoms with Crippen LogP contribution in [-0.4, -0.2) is 23.5 Å². The SMILES string of the molecule is CCCNc1ccc(C(=O)NC2CCC(C)C2)nc1. The molecule has 0 saturated heterocycles. The summed E-state index contributed by atoms with van der Waals surface area (Å²) in [5.41, 5.74) is 1.47. The number of aromatic nitrogens is 1. The molecule has 4 nitrogen and oxygen atoms in total. The molecule has 1 aliphatic rings. The molecular formula is C15H23N3O. The molecule has 19 heavy (non-hydrogen) atoms. The molecule has 0 spiro atoms. The molecule has 0 aromatic carbocycles. The van der Waals surface area contributed by atoms with Gasteiger partial charge in [0.1, 0.15) is 5.69 Å². The molecule has 1 aromatic heterocycles. The molecule has 0 bridgehead atoms. The highest BCUT2D eigenvalue weighted by molar-refractivity contribution is 5.92. The predicted octanol–water partition coefficient (Wildman–Crippen LogP) is 2.82. The Kier molecular flexibility index (Phi) is 4.77. The van der Waals surface area contributed by atoms with Crippen molar-refractivity contribution in [2.75, 3.05) is 11.9 Å². The molecular weight excluding hydrogens is 238 g/mol. The molecule has 4 heteroatoms. The third-order valence-electron chi connectivity index (χ3n) is 3.61. The van der Waals surface area contributed by atoms with Gasteiger partial charge in [0.25, 0.3) is 5.91 Å². The summed E-state index contributed by atoms with van der Waals surface area (Å²) in [4.78, 5) is 16.3. The van der Waals surface area contributed by atoms with Gasteiger partial charge in [-0.2, -0.15) is 0 Å². The van der Waals surface area contributed by atoms with Crippen LogP contribution in [0.25, 0.3) is 0 Å². The molecule has 2 unspecified atom stereocenters. The second-order valence-corrected chi connectivity index (χ2v) is 5.45. The van der Waals surface area contributed by atoms with Crippen molar-refractivity contribution in [1.82, 2.24) is 10.3 Å². The quantitative estimate of drug-likeness (QED) is 0.857. The van der Waals surface area contributed by atoms with E-state index in [4.69, 9.17) is 0 Å². The van der Waals surface area contributed by atoms with E-state index < -0.39 is 0 Å². The minimum atomic E-state index is -0.0545. The lowest BCUT2D eigenvalue weighted by Crippen LogP contribution is -2.33. The van der Waals surface area contributed by atoms with Crippen molar-refractivity contribution in [3.05, 3.63) is 24.0 Å². The Morgan fingerprint density at radius 3 is 2.84 bits per heavy atom. The first-order chi connectivity index (χ1) is 9.19. The zero-order valence-corrected chi connectivity index (χ0v) is 11.8. The second-order valence-electron chi connectivity index (χ2n) is 5.45. The van der Waals surface area contributed by atoms with E-state index in [0.717, 1.165) is 37.4 Å². The molecule has 2 atom stereocenters. The van der Waals surface area contributed by atoms with Crippen molar-refractivity contribution >= 4 is 11.6 Å². The number of anilines is 1. The molecule has 2 N–H and O–H groups in total. The standard InChI is InChI=1S/C15H23N3O/c1-3-8-16-13-6-7-14(17-10-13)15(19)18-12-5-4-11(2)9-12/h6-7,10-12,16H,3-5,8-9H2,1-2H3,(H,18,19). The largest absolute Gasteiger partial charge is 0.384 e. The lowest BCUT2D eigenvalue weighted by atomic mass is 10.1. The number of nitrogens with zero attached hydrogens (tertiary/aromatic N) is 1. The van der Waals surface area contributed by atoms with Gasteiger partial charge in [0.05, 0.1) is 11.9 Å². The summed E-state index contributed by atoms with van der Waals surface area (Å²) in [5, 5.41) is 6.31. The average Bonchev–Trinajstić information content (AvgIpc) is 2.82. The molecule has 1 aliphatic carbocycles. The zero-order chi connectivity index (χ0) is 13.7. The van der Waals surface area contributed by atoms with E-state index in [2.05, 4.69) is 29.5 Å². The monoisotopic (exact) mass is 261 g/mol. The first-order valence-electron chi connectivity index (χ1n) is 7.19. The number of nitrogens with one attached hydrogen (secondary N) is 2. The molecule has 0 aliphatic heterocycles. The number of rotatable bonds is 5. The van der Waals surface area contributed by atoms with E-state index in [1.54, 1.807) is 12.3 Å². The summed E-state index contributed by atoms with van der Waals surface area (Å²) < 4.78 is 0. The van der Waals surface area contributed by atoms with Gasteiger partial charge in [0.2, 0.25) is 0 Å². The van der Waals surface area contributed by atoms with Crippen LogP contribution in [0.3, 0.4) is 0 Å². The summed E-state index contributed by atoms with van der Waals surface area (Å²) in [7, 11) is 0. The van der Waals surface area contributed by atoms with Crippen molar-refractivity contribution in [2.24, 2.45) is 5.92 Å². The highest BCUT2D eigenvalue weighted by atomic mass is 16.1. The van der Waals surface area contributed by atoms with Gasteiger partial charge in [-0.25, -0.2) is 4.98 Å². The van der Waals surface area contributed by atoms with Gasteiger partial charge in [0.15, 0.2) is 0 Å². The van der Waals surface area contributed by atoms with Gasteiger partial charge < -0.3 is 10.6 Å². The fourth-order valence-electron chi connectivity index (χ4n) is 2.50. The highest BCUT2D eigenvalue weighted by Crippen LogP contribution is 2.24. The molecule has 1 fully saturated rings. The normalized spacial score (nSPS) is 22.2. The summed E-state index contributed by atoms with van der Waals surface area (Å²) in [6, 6.07) is 4.02. The van der Waals surface area contributed by atoms with Crippen molar-refractivity contribution in [2.45, 2.75) is 45.6 Å². The van der Waals surface area contributed by atoms with Gasteiger partial charge in [-0.15, -0.1) is 0 Å². The molecule has 1 saturated carbocycles. The molecule has 2 rings (SSSR count). The molecule has 0 radical (unpaired) electrons. The Labute approximate surface area is 115 Å². The fraction of sp³-hybridized carbons (Fsp3) is 0.600. The molecule has 1 amide bonds. The van der Waals surface area contributed by atoms with Crippen LogP contribution in [0.5, 0.6) is 0 Å². The summed E-state index contributed by atoms with van der Waals surface area (Å²) in [6.07, 6.45) is 6.17. The Bertz CT molecular complexity index is 416. The maximum absolute atomic E-state index is 12.0. The van der Waals surface area contributed by atoms with Gasteiger partial charge in [-0.3, -0.25) is 4.79 Å². The number of amides is 1. The maximum atomic E-state index is 12.0. The Morgan fingerprint density at radius 2 is 2.26 bits per heavy atom. The van der Waals surface area contributed by atoms with E-state index in [-0.39, 0.29) is 5.91 Å². The van der Waals surface area contributed by atoms with Crippen LogP contribution in [0.1, 0.15) is 50.0 Å². The van der Waals surface area contributed by atoms with Crippen LogP contribution in [0.15, 0.2) is 18.3 Å². The summed E-state index contributed by atoms with van der Waals surface area (Å²) >= 11 is 0. The summed E-state index contributed by atoms with van der Waals surface area (Å²) in [6.45, 7) is 5.27. The minimum Gasteiger partial charge on any atom is -0.384 e. The van der Waals surface area contributed by atoms with Crippen LogP contribution in [0, 0.1) is 5.92 Å². The van der Waals surface area contributed by atoms with Crippen LogP contribution in [0.4, 0.5) is 5.69 Å². The Balaban J connectivity index is 1.88. The number of hydrogen-bond acceptors (Lipinski definition) is 3. The van der Waals surface area contributed by atoms with E-state index in [0.29, 0.717) is 11.7 Å². The number of hydrogen-bond donors (Lipinski definition) is 2. The lowest BCUT2D eigenvalue weighted by molar-refractivity contribution is 0.0932. The average molecular weight is 261 g/mol. The van der Waals surface area contributed by atoms with E-state index >= 15 is 0 Å². The van der Waals surface area contributed by atoms with Crippen molar-refractivity contribution < 1.29 is 4.79 Å². The Hall–Kier alpha value is -1.58. The third kappa shape index (κ3) is 3.94. The van der Waals surface area contributed by atoms with E-state index in [1.807, 2.05) is 6.07 Å². The summed E-state index contributed by atoms with van der Waals surface area (Å²) in [5.74, 6) is 0.667. The highest BCUT2D eigenvalue weighted by Gasteiger charge is 2.23. The predicted molar refractivity (Wildman–Crippen MR) is 77.3 cm³/mol. The van der Waals surface area contributed by atoms with Gasteiger partial charge in [0, 0.05) is 12.6 Å². The van der Waals surface area contributed by atoms with Crippen molar-refractivity contribution in [1.29, 1.82) is 0 Å². The van der Waals surface area contributed by atoms with Crippen LogP contribution < -0.4 is 10.6 Å². The topological polar surface area (TPSA) is 54.0 Å². The van der Waals surface area contributed by atoms with E-state index in [1.165, 1.54) is 6.42 Å². The van der Waals surface area contributed by atoms with Gasteiger partial charge in [-0.1, -0.05) is 13.8 Å². The third-order valence-corrected chi connectivity index (χ3v) is 3.61. The number of carbonyl (C=O) groups excluding carboxylic acids is 1.